The van der Waals surface area contributed by atoms with Crippen LogP contribution in [0.3, 0.4) is 0 Å². The lowest BCUT2D eigenvalue weighted by Crippen LogP contribution is -2.21. The van der Waals surface area contributed by atoms with Gasteiger partial charge in [-0.2, -0.15) is 0 Å². The summed E-state index contributed by atoms with van der Waals surface area (Å²) in [6.07, 6.45) is 0. The second-order valence-electron chi connectivity index (χ2n) is 6.37. The van der Waals surface area contributed by atoms with Gasteiger partial charge in [-0.05, 0) is 24.3 Å². The molecule has 0 fully saturated rings. The van der Waals surface area contributed by atoms with Crippen LogP contribution in [-0.2, 0) is 26.5 Å². The van der Waals surface area contributed by atoms with Crippen LogP contribution in [0.1, 0.15) is 11.6 Å². The molecule has 9 heteroatoms. The third kappa shape index (κ3) is 3.99. The van der Waals surface area contributed by atoms with Crippen LogP contribution in [0.4, 0.5) is 0 Å². The second-order valence-corrected chi connectivity index (χ2v) is 7.72. The first-order chi connectivity index (χ1) is 14.0. The summed E-state index contributed by atoms with van der Waals surface area (Å²) < 4.78 is 9.18. The summed E-state index contributed by atoms with van der Waals surface area (Å²) in [5.74, 6) is 2.44. The van der Waals surface area contributed by atoms with Crippen molar-refractivity contribution in [2.75, 3.05) is 0 Å². The summed E-state index contributed by atoms with van der Waals surface area (Å²) in [5.41, 5.74) is 0.635. The van der Waals surface area contributed by atoms with Crippen LogP contribution in [0.5, 0.6) is 5.75 Å². The molecule has 2 aromatic heterocycles. The highest BCUT2D eigenvalue weighted by Crippen LogP contribution is 2.25. The third-order valence-corrected chi connectivity index (χ3v) is 5.85. The van der Waals surface area contributed by atoms with Gasteiger partial charge in [-0.3, -0.25) is 9.36 Å². The summed E-state index contributed by atoms with van der Waals surface area (Å²) >= 11 is 7.58. The average Bonchev–Trinajstić information content (AvgIpc) is 3.08. The first-order valence-corrected chi connectivity index (χ1v) is 10.2. The number of fused-ring (bicyclic) bond motifs is 1. The van der Waals surface area contributed by atoms with Gasteiger partial charge in [-0.1, -0.05) is 47.6 Å². The highest BCUT2D eigenvalue weighted by Gasteiger charge is 2.13. The monoisotopic (exact) mass is 427 g/mol. The zero-order valence-electron chi connectivity index (χ0n) is 15.9. The summed E-state index contributed by atoms with van der Waals surface area (Å²) in [7, 11) is 3.61. The Labute approximate surface area is 176 Å². The molecule has 0 aliphatic carbocycles. The predicted octanol–water partition coefficient (Wildman–Crippen LogP) is 3.59. The Morgan fingerprint density at radius 2 is 1.76 bits per heavy atom. The van der Waals surface area contributed by atoms with Crippen molar-refractivity contribution in [2.24, 2.45) is 14.1 Å². The van der Waals surface area contributed by atoms with Gasteiger partial charge in [0.25, 0.3) is 5.56 Å². The molecule has 0 radical (unpaired) electrons. The Hall–Kier alpha value is -2.84. The lowest BCUT2D eigenvalue weighted by atomic mass is 10.2. The van der Waals surface area contributed by atoms with E-state index in [0.717, 1.165) is 0 Å². The molecule has 0 N–H and O–H groups in total. The molecule has 0 aliphatic rings. The maximum atomic E-state index is 12.5. The molecule has 0 aliphatic heterocycles. The number of aromatic nitrogens is 5. The SMILES string of the molecule is Cn1c(COc2ccccc2Cl)nnc1SCc1nc2ccccc2c(=O)n1C. The van der Waals surface area contributed by atoms with E-state index in [1.165, 1.54) is 11.8 Å². The van der Waals surface area contributed by atoms with Crippen LogP contribution in [0, 0.1) is 0 Å². The van der Waals surface area contributed by atoms with Crippen molar-refractivity contribution in [1.29, 1.82) is 0 Å². The van der Waals surface area contributed by atoms with E-state index in [1.54, 1.807) is 29.8 Å². The van der Waals surface area contributed by atoms with Crippen LogP contribution >= 0.6 is 23.4 Å². The highest BCUT2D eigenvalue weighted by atomic mass is 35.5. The van der Waals surface area contributed by atoms with Gasteiger partial charge in [0, 0.05) is 14.1 Å². The Morgan fingerprint density at radius 1 is 1.00 bits per heavy atom. The van der Waals surface area contributed by atoms with E-state index in [9.17, 15) is 4.79 Å². The molecule has 4 aromatic rings. The van der Waals surface area contributed by atoms with Gasteiger partial charge in [0.2, 0.25) is 0 Å². The van der Waals surface area contributed by atoms with Crippen LogP contribution < -0.4 is 10.3 Å². The minimum atomic E-state index is -0.0574. The Kier molecular flexibility index (Phi) is 5.55. The zero-order chi connectivity index (χ0) is 20.4. The summed E-state index contributed by atoms with van der Waals surface area (Å²) in [6.45, 7) is 0.250. The lowest BCUT2D eigenvalue weighted by Gasteiger charge is -2.09. The molecule has 0 saturated heterocycles. The minimum Gasteiger partial charge on any atom is -0.484 e. The average molecular weight is 428 g/mol. The van der Waals surface area contributed by atoms with Crippen molar-refractivity contribution < 1.29 is 4.74 Å². The smallest absolute Gasteiger partial charge is 0.261 e. The van der Waals surface area contributed by atoms with Crippen molar-refractivity contribution >= 4 is 34.3 Å². The van der Waals surface area contributed by atoms with Crippen molar-refractivity contribution in [1.82, 2.24) is 24.3 Å². The molecule has 0 saturated carbocycles. The van der Waals surface area contributed by atoms with E-state index in [0.29, 0.717) is 44.2 Å². The van der Waals surface area contributed by atoms with Crippen LogP contribution in [0.25, 0.3) is 10.9 Å². The normalized spacial score (nSPS) is 11.1. The number of para-hydroxylation sites is 2. The number of halogens is 1. The van der Waals surface area contributed by atoms with Gasteiger partial charge in [0.05, 0.1) is 21.7 Å². The first-order valence-electron chi connectivity index (χ1n) is 8.87. The number of nitrogens with zero attached hydrogens (tertiary/aromatic N) is 5. The fourth-order valence-corrected chi connectivity index (χ4v) is 3.93. The molecule has 0 amide bonds. The number of hydrogen-bond acceptors (Lipinski definition) is 6. The van der Waals surface area contributed by atoms with Crippen LogP contribution in [0.15, 0.2) is 58.5 Å². The Bertz CT molecular complexity index is 1240. The van der Waals surface area contributed by atoms with Crippen LogP contribution in [0.2, 0.25) is 5.02 Å². The van der Waals surface area contributed by atoms with Crippen LogP contribution in [-0.4, -0.2) is 24.3 Å². The van der Waals surface area contributed by atoms with E-state index in [2.05, 4.69) is 15.2 Å². The number of rotatable bonds is 6. The third-order valence-electron chi connectivity index (χ3n) is 4.52. The van der Waals surface area contributed by atoms with E-state index in [1.807, 2.05) is 41.9 Å². The van der Waals surface area contributed by atoms with E-state index < -0.39 is 0 Å². The van der Waals surface area contributed by atoms with E-state index in [-0.39, 0.29) is 12.2 Å². The summed E-state index contributed by atoms with van der Waals surface area (Å²) in [4.78, 5) is 17.2. The van der Waals surface area contributed by atoms with Gasteiger partial charge in [0.15, 0.2) is 11.0 Å². The molecule has 2 heterocycles. The van der Waals surface area contributed by atoms with Gasteiger partial charge in [-0.25, -0.2) is 4.98 Å². The minimum absolute atomic E-state index is 0.0574. The highest BCUT2D eigenvalue weighted by molar-refractivity contribution is 7.98. The summed E-state index contributed by atoms with van der Waals surface area (Å²) in [6, 6.07) is 14.6. The molecule has 0 unspecified atom stereocenters. The van der Waals surface area contributed by atoms with E-state index >= 15 is 0 Å². The maximum absolute atomic E-state index is 12.5. The molecule has 0 spiro atoms. The number of hydrogen-bond donors (Lipinski definition) is 0. The quantitative estimate of drug-likeness (QED) is 0.438. The summed E-state index contributed by atoms with van der Waals surface area (Å²) in [5, 5.41) is 10.3. The molecule has 7 nitrogen and oxygen atoms in total. The van der Waals surface area contributed by atoms with Crippen molar-refractivity contribution in [3.63, 3.8) is 0 Å². The standard InChI is InChI=1S/C20H18ClN5O2S/c1-25-18(22-15-9-5-3-7-13(15)19(25)27)12-29-20-24-23-17(26(20)2)11-28-16-10-6-4-8-14(16)21/h3-10H,11-12H2,1-2H3. The molecular weight excluding hydrogens is 410 g/mol. The van der Waals surface area contributed by atoms with Gasteiger partial charge in [0.1, 0.15) is 18.2 Å². The topological polar surface area (TPSA) is 74.8 Å². The number of thioether (sulfide) groups is 1. The van der Waals surface area contributed by atoms with Crippen molar-refractivity contribution in [3.05, 3.63) is 75.6 Å². The maximum Gasteiger partial charge on any atom is 0.261 e. The number of ether oxygens (including phenoxy) is 1. The fourth-order valence-electron chi connectivity index (χ4n) is 2.82. The second kappa shape index (κ2) is 8.26. The predicted molar refractivity (Wildman–Crippen MR) is 113 cm³/mol. The fraction of sp³-hybridized carbons (Fsp3) is 0.200. The molecule has 148 valence electrons. The zero-order valence-corrected chi connectivity index (χ0v) is 17.4. The first kappa shape index (κ1) is 19.5. The Balaban J connectivity index is 1.49. The Morgan fingerprint density at radius 3 is 2.59 bits per heavy atom. The van der Waals surface area contributed by atoms with Gasteiger partial charge >= 0.3 is 0 Å². The molecule has 4 rings (SSSR count). The molecular formula is C20H18ClN5O2S. The lowest BCUT2D eigenvalue weighted by molar-refractivity contribution is 0.290. The van der Waals surface area contributed by atoms with Crippen molar-refractivity contribution in [2.45, 2.75) is 17.5 Å². The van der Waals surface area contributed by atoms with Crippen molar-refractivity contribution in [3.8, 4) is 5.75 Å². The molecule has 29 heavy (non-hydrogen) atoms. The molecule has 0 bridgehead atoms. The van der Waals surface area contributed by atoms with Gasteiger partial charge in [-0.15, -0.1) is 10.2 Å². The van der Waals surface area contributed by atoms with Gasteiger partial charge < -0.3 is 9.30 Å². The molecule has 2 aromatic carbocycles. The molecule has 0 atom stereocenters. The largest absolute Gasteiger partial charge is 0.484 e. The number of benzene rings is 2. The van der Waals surface area contributed by atoms with E-state index in [4.69, 9.17) is 16.3 Å².